The van der Waals surface area contributed by atoms with Crippen LogP contribution in [-0.4, -0.2) is 49.3 Å². The normalized spacial score (nSPS) is 21.2. The van der Waals surface area contributed by atoms with Gasteiger partial charge in [-0.25, -0.2) is 0 Å². The molecule has 1 aliphatic rings. The molecule has 1 aliphatic heterocycles. The Kier molecular flexibility index (Phi) is 6.82. The van der Waals surface area contributed by atoms with Crippen molar-refractivity contribution >= 4 is 5.91 Å². The van der Waals surface area contributed by atoms with Gasteiger partial charge in [0.15, 0.2) is 0 Å². The second-order valence-corrected chi connectivity index (χ2v) is 5.37. The van der Waals surface area contributed by atoms with Gasteiger partial charge in [0.2, 0.25) is 5.91 Å². The lowest BCUT2D eigenvalue weighted by Crippen LogP contribution is -2.48. The van der Waals surface area contributed by atoms with Crippen molar-refractivity contribution in [2.24, 2.45) is 5.92 Å². The SMILES string of the molecule is CC(C)C[C@H](C)OCCC(=O)N1CCOC[C@@H]1C#N. The van der Waals surface area contributed by atoms with Gasteiger partial charge < -0.3 is 14.4 Å². The molecule has 0 radical (unpaired) electrons. The number of rotatable bonds is 6. The Morgan fingerprint density at radius 1 is 1.53 bits per heavy atom. The van der Waals surface area contributed by atoms with E-state index in [4.69, 9.17) is 14.7 Å². The molecular weight excluding hydrogens is 244 g/mol. The van der Waals surface area contributed by atoms with Gasteiger partial charge in [0, 0.05) is 6.54 Å². The predicted octanol–water partition coefficient (Wildman–Crippen LogP) is 1.58. The summed E-state index contributed by atoms with van der Waals surface area (Å²) in [5.74, 6) is 0.569. The lowest BCUT2D eigenvalue weighted by molar-refractivity contribution is -0.139. The van der Waals surface area contributed by atoms with Crippen molar-refractivity contribution in [2.75, 3.05) is 26.4 Å². The minimum Gasteiger partial charge on any atom is -0.378 e. The summed E-state index contributed by atoms with van der Waals surface area (Å²) in [6.45, 7) is 8.06. The summed E-state index contributed by atoms with van der Waals surface area (Å²) in [5, 5.41) is 8.97. The van der Waals surface area contributed by atoms with Crippen LogP contribution in [0.4, 0.5) is 0 Å². The van der Waals surface area contributed by atoms with E-state index < -0.39 is 6.04 Å². The van der Waals surface area contributed by atoms with Crippen molar-refractivity contribution in [3.8, 4) is 6.07 Å². The quantitative estimate of drug-likeness (QED) is 0.733. The van der Waals surface area contributed by atoms with Crippen molar-refractivity contribution in [1.82, 2.24) is 4.90 Å². The highest BCUT2D eigenvalue weighted by Gasteiger charge is 2.26. The summed E-state index contributed by atoms with van der Waals surface area (Å²) in [6.07, 6.45) is 1.50. The highest BCUT2D eigenvalue weighted by molar-refractivity contribution is 5.77. The number of carbonyl (C=O) groups excluding carboxylic acids is 1. The Hall–Kier alpha value is -1.12. The summed E-state index contributed by atoms with van der Waals surface area (Å²) in [6, 6.07) is 1.65. The third kappa shape index (κ3) is 5.58. The van der Waals surface area contributed by atoms with Crippen LogP contribution >= 0.6 is 0 Å². The van der Waals surface area contributed by atoms with Gasteiger partial charge in [0.05, 0.1) is 38.4 Å². The molecule has 0 aliphatic carbocycles. The van der Waals surface area contributed by atoms with E-state index in [2.05, 4.69) is 19.9 Å². The van der Waals surface area contributed by atoms with E-state index in [1.54, 1.807) is 4.90 Å². The average Bonchev–Trinajstić information content (AvgIpc) is 2.37. The minimum absolute atomic E-state index is 0.0217. The number of morpholine rings is 1. The Morgan fingerprint density at radius 2 is 2.26 bits per heavy atom. The highest BCUT2D eigenvalue weighted by Crippen LogP contribution is 2.10. The fraction of sp³-hybridized carbons (Fsp3) is 0.857. The molecule has 1 rings (SSSR count). The number of hydrogen-bond acceptors (Lipinski definition) is 4. The first-order valence-corrected chi connectivity index (χ1v) is 6.93. The van der Waals surface area contributed by atoms with Crippen LogP contribution in [-0.2, 0) is 14.3 Å². The Morgan fingerprint density at radius 3 is 2.89 bits per heavy atom. The zero-order valence-corrected chi connectivity index (χ0v) is 12.1. The van der Waals surface area contributed by atoms with Crippen molar-refractivity contribution in [3.63, 3.8) is 0 Å². The number of nitrogens with zero attached hydrogens (tertiary/aromatic N) is 2. The van der Waals surface area contributed by atoms with E-state index >= 15 is 0 Å². The van der Waals surface area contributed by atoms with Crippen LogP contribution in [0.5, 0.6) is 0 Å². The van der Waals surface area contributed by atoms with Crippen LogP contribution in [0.1, 0.15) is 33.6 Å². The second kappa shape index (κ2) is 8.13. The van der Waals surface area contributed by atoms with Gasteiger partial charge in [0.25, 0.3) is 0 Å². The monoisotopic (exact) mass is 268 g/mol. The summed E-state index contributed by atoms with van der Waals surface area (Å²) in [5.41, 5.74) is 0. The molecule has 0 unspecified atom stereocenters. The smallest absolute Gasteiger partial charge is 0.226 e. The number of amides is 1. The van der Waals surface area contributed by atoms with Crippen molar-refractivity contribution in [3.05, 3.63) is 0 Å². The van der Waals surface area contributed by atoms with Gasteiger partial charge >= 0.3 is 0 Å². The van der Waals surface area contributed by atoms with E-state index in [0.29, 0.717) is 38.7 Å². The van der Waals surface area contributed by atoms with Gasteiger partial charge in [0.1, 0.15) is 6.04 Å². The maximum Gasteiger partial charge on any atom is 0.226 e. The van der Waals surface area contributed by atoms with E-state index in [9.17, 15) is 4.79 Å². The van der Waals surface area contributed by atoms with Crippen molar-refractivity contribution in [1.29, 1.82) is 5.26 Å². The molecule has 5 nitrogen and oxygen atoms in total. The Bertz CT molecular complexity index is 325. The van der Waals surface area contributed by atoms with Crippen LogP contribution in [0.3, 0.4) is 0 Å². The van der Waals surface area contributed by atoms with Crippen molar-refractivity contribution in [2.45, 2.75) is 45.8 Å². The number of ether oxygens (including phenoxy) is 2. The van der Waals surface area contributed by atoms with Crippen molar-refractivity contribution < 1.29 is 14.3 Å². The first-order chi connectivity index (χ1) is 9.04. The zero-order valence-electron chi connectivity index (χ0n) is 12.1. The van der Waals surface area contributed by atoms with E-state index in [1.165, 1.54) is 0 Å². The van der Waals surface area contributed by atoms with Gasteiger partial charge in [-0.15, -0.1) is 0 Å². The summed E-state index contributed by atoms with van der Waals surface area (Å²) < 4.78 is 10.8. The molecule has 1 heterocycles. The molecule has 0 saturated carbocycles. The average molecular weight is 268 g/mol. The van der Waals surface area contributed by atoms with E-state index in [-0.39, 0.29) is 12.0 Å². The van der Waals surface area contributed by atoms with Gasteiger partial charge in [-0.05, 0) is 19.3 Å². The molecule has 0 aromatic rings. The summed E-state index contributed by atoms with van der Waals surface area (Å²) >= 11 is 0. The molecule has 0 bridgehead atoms. The molecule has 1 saturated heterocycles. The largest absolute Gasteiger partial charge is 0.378 e. The molecule has 0 N–H and O–H groups in total. The first kappa shape index (κ1) is 15.9. The lowest BCUT2D eigenvalue weighted by Gasteiger charge is -2.31. The number of carbonyl (C=O) groups is 1. The maximum absolute atomic E-state index is 12.0. The third-order valence-corrected chi connectivity index (χ3v) is 3.12. The number of nitriles is 1. The Balaban J connectivity index is 2.28. The molecule has 0 spiro atoms. The molecule has 5 heteroatoms. The van der Waals surface area contributed by atoms with Gasteiger partial charge in [-0.3, -0.25) is 4.79 Å². The molecule has 0 aromatic carbocycles. The summed E-state index contributed by atoms with van der Waals surface area (Å²) in [7, 11) is 0. The third-order valence-electron chi connectivity index (χ3n) is 3.12. The van der Waals surface area contributed by atoms with Crippen LogP contribution in [0.2, 0.25) is 0 Å². The fourth-order valence-corrected chi connectivity index (χ4v) is 2.23. The highest BCUT2D eigenvalue weighted by atomic mass is 16.5. The standard InChI is InChI=1S/C14H24N2O3/c1-11(2)8-12(3)19-6-4-14(17)16-5-7-18-10-13(16)9-15/h11-13H,4-8,10H2,1-3H3/t12-,13-/m0/s1. The van der Waals surface area contributed by atoms with E-state index in [1.807, 2.05) is 6.92 Å². The molecule has 1 fully saturated rings. The minimum atomic E-state index is -0.450. The van der Waals surface area contributed by atoms with Crippen LogP contribution in [0, 0.1) is 17.2 Å². The summed E-state index contributed by atoms with van der Waals surface area (Å²) in [4.78, 5) is 13.6. The zero-order chi connectivity index (χ0) is 14.3. The molecule has 108 valence electrons. The lowest BCUT2D eigenvalue weighted by atomic mass is 10.1. The molecular formula is C14H24N2O3. The van der Waals surface area contributed by atoms with Gasteiger partial charge in [-0.2, -0.15) is 5.26 Å². The van der Waals surface area contributed by atoms with Crippen LogP contribution in [0.25, 0.3) is 0 Å². The first-order valence-electron chi connectivity index (χ1n) is 6.93. The predicted molar refractivity (Wildman–Crippen MR) is 71.4 cm³/mol. The fourth-order valence-electron chi connectivity index (χ4n) is 2.23. The van der Waals surface area contributed by atoms with Crippen LogP contribution < -0.4 is 0 Å². The molecule has 19 heavy (non-hydrogen) atoms. The second-order valence-electron chi connectivity index (χ2n) is 5.37. The Labute approximate surface area is 115 Å². The molecule has 2 atom stereocenters. The molecule has 0 aromatic heterocycles. The molecule has 1 amide bonds. The maximum atomic E-state index is 12.0. The van der Waals surface area contributed by atoms with Crippen LogP contribution in [0.15, 0.2) is 0 Å². The number of hydrogen-bond donors (Lipinski definition) is 0. The van der Waals surface area contributed by atoms with Gasteiger partial charge in [-0.1, -0.05) is 13.8 Å². The topological polar surface area (TPSA) is 62.6 Å². The van der Waals surface area contributed by atoms with E-state index in [0.717, 1.165) is 6.42 Å².